The second-order valence-corrected chi connectivity index (χ2v) is 1.25. The van der Waals surface area contributed by atoms with E-state index in [0.717, 1.165) is 0 Å². The first kappa shape index (κ1) is 7.88. The molecule has 0 saturated heterocycles. The van der Waals surface area contributed by atoms with Gasteiger partial charge in [-0.1, -0.05) is 11.8 Å². The fourth-order valence-electron chi connectivity index (χ4n) is 0.236. The molecular weight excluding hydrogens is 116 g/mol. The molecule has 0 heterocycles. The minimum atomic E-state index is 0.0619. The van der Waals surface area contributed by atoms with Gasteiger partial charge in [-0.3, -0.25) is 0 Å². The largest absolute Gasteiger partial charge is 0.433 e. The second-order valence-electron chi connectivity index (χ2n) is 1.25. The molecule has 0 saturated carbocycles. The van der Waals surface area contributed by atoms with Gasteiger partial charge in [0.25, 0.3) is 0 Å². The van der Waals surface area contributed by atoms with Gasteiger partial charge in [-0.05, 0) is 0 Å². The minimum Gasteiger partial charge on any atom is -0.433 e. The first-order valence-corrected chi connectivity index (χ1v) is 2.55. The normalized spacial score (nSPS) is 6.67. The summed E-state index contributed by atoms with van der Waals surface area (Å²) < 4.78 is 4.58. The maximum absolute atomic E-state index is 8.22. The van der Waals surface area contributed by atoms with Gasteiger partial charge in [0.05, 0.1) is 6.61 Å². The average molecular weight is 124 g/mol. The van der Waals surface area contributed by atoms with Crippen LogP contribution in [0.3, 0.4) is 0 Å². The summed E-state index contributed by atoms with van der Waals surface area (Å²) in [7, 11) is 0. The Hall–Kier alpha value is -1.12. The Bertz CT molecular complexity index is 145. The molecule has 0 aromatic carbocycles. The van der Waals surface area contributed by atoms with Gasteiger partial charge in [0.2, 0.25) is 0 Å². The highest BCUT2D eigenvalue weighted by Gasteiger charge is 1.71. The summed E-state index contributed by atoms with van der Waals surface area (Å²) in [4.78, 5) is 0. The van der Waals surface area contributed by atoms with Crippen molar-refractivity contribution in [3.8, 4) is 24.4 Å². The zero-order valence-corrected chi connectivity index (χ0v) is 5.05. The lowest BCUT2D eigenvalue weighted by Gasteiger charge is -1.83. The van der Waals surface area contributed by atoms with Gasteiger partial charge in [0.15, 0.2) is 6.61 Å². The van der Waals surface area contributed by atoms with E-state index in [0.29, 0.717) is 6.42 Å². The van der Waals surface area contributed by atoms with Crippen molar-refractivity contribution in [2.45, 2.75) is 6.42 Å². The lowest BCUT2D eigenvalue weighted by molar-refractivity contribution is 0.301. The van der Waals surface area contributed by atoms with Crippen LogP contribution in [0.15, 0.2) is 0 Å². The van der Waals surface area contributed by atoms with Crippen molar-refractivity contribution in [2.24, 2.45) is 0 Å². The van der Waals surface area contributed by atoms with E-state index in [2.05, 4.69) is 22.7 Å². The highest BCUT2D eigenvalue weighted by molar-refractivity contribution is 4.93. The summed E-state index contributed by atoms with van der Waals surface area (Å²) in [6.45, 7) is 0.269. The van der Waals surface area contributed by atoms with E-state index in [-0.39, 0.29) is 13.2 Å². The molecule has 0 aliphatic carbocycles. The van der Waals surface area contributed by atoms with Crippen LogP contribution in [-0.2, 0) is 4.74 Å². The number of hydrogen-bond donors (Lipinski definition) is 1. The molecule has 0 fully saturated rings. The molecule has 0 rings (SSSR count). The zero-order valence-electron chi connectivity index (χ0n) is 5.05. The Morgan fingerprint density at radius 2 is 2.33 bits per heavy atom. The van der Waals surface area contributed by atoms with E-state index in [4.69, 9.17) is 11.5 Å². The Morgan fingerprint density at radius 1 is 1.56 bits per heavy atom. The number of aliphatic hydroxyl groups is 1. The summed E-state index contributed by atoms with van der Waals surface area (Å²) in [5.74, 6) is 4.81. The SMILES string of the molecule is C#CCOC#CCCO. The van der Waals surface area contributed by atoms with E-state index in [9.17, 15) is 0 Å². The fourth-order valence-corrected chi connectivity index (χ4v) is 0.236. The molecule has 0 radical (unpaired) electrons. The number of terminal acetylenes is 1. The van der Waals surface area contributed by atoms with E-state index < -0.39 is 0 Å². The molecule has 0 aromatic heterocycles. The van der Waals surface area contributed by atoms with Crippen molar-refractivity contribution in [3.63, 3.8) is 0 Å². The van der Waals surface area contributed by atoms with E-state index >= 15 is 0 Å². The molecule has 0 atom stereocenters. The molecule has 48 valence electrons. The zero-order chi connectivity index (χ0) is 6.95. The molecule has 2 nitrogen and oxygen atoms in total. The molecule has 0 spiro atoms. The standard InChI is InChI=1S/C7H8O2/c1-2-6-9-7-4-3-5-8/h1,8H,3,5-6H2. The van der Waals surface area contributed by atoms with Gasteiger partial charge in [-0.25, -0.2) is 0 Å². The van der Waals surface area contributed by atoms with Crippen LogP contribution in [-0.4, -0.2) is 18.3 Å². The summed E-state index contributed by atoms with van der Waals surface area (Å²) >= 11 is 0. The van der Waals surface area contributed by atoms with Gasteiger partial charge in [0, 0.05) is 6.42 Å². The maximum Gasteiger partial charge on any atom is 0.160 e. The highest BCUT2D eigenvalue weighted by atomic mass is 16.5. The summed E-state index contributed by atoms with van der Waals surface area (Å²) in [6.07, 6.45) is 7.62. The van der Waals surface area contributed by atoms with Crippen LogP contribution >= 0.6 is 0 Å². The van der Waals surface area contributed by atoms with Crippen LogP contribution in [0.25, 0.3) is 0 Å². The number of rotatable bonds is 2. The molecule has 9 heavy (non-hydrogen) atoms. The van der Waals surface area contributed by atoms with E-state index in [1.54, 1.807) is 0 Å². The summed E-state index contributed by atoms with van der Waals surface area (Å²) in [5.41, 5.74) is 0. The minimum absolute atomic E-state index is 0.0619. The van der Waals surface area contributed by atoms with Crippen molar-refractivity contribution in [2.75, 3.05) is 13.2 Å². The lowest BCUT2D eigenvalue weighted by atomic mass is 10.5. The van der Waals surface area contributed by atoms with Crippen molar-refractivity contribution >= 4 is 0 Å². The number of hydrogen-bond acceptors (Lipinski definition) is 2. The Kier molecular flexibility index (Phi) is 6.02. The van der Waals surface area contributed by atoms with Gasteiger partial charge >= 0.3 is 0 Å². The molecule has 0 unspecified atom stereocenters. The predicted molar refractivity (Wildman–Crippen MR) is 34.3 cm³/mol. The van der Waals surface area contributed by atoms with Gasteiger partial charge < -0.3 is 9.84 Å². The van der Waals surface area contributed by atoms with Crippen molar-refractivity contribution in [3.05, 3.63) is 0 Å². The third-order valence-electron chi connectivity index (χ3n) is 0.537. The van der Waals surface area contributed by atoms with Crippen LogP contribution < -0.4 is 0 Å². The fraction of sp³-hybridized carbons (Fsp3) is 0.429. The molecule has 0 bridgehead atoms. The number of ether oxygens (including phenoxy) is 1. The maximum atomic E-state index is 8.22. The highest BCUT2D eigenvalue weighted by Crippen LogP contribution is 1.70. The second kappa shape index (κ2) is 6.88. The van der Waals surface area contributed by atoms with Crippen molar-refractivity contribution in [1.29, 1.82) is 0 Å². The predicted octanol–water partition coefficient (Wildman–Crippen LogP) is -0.0205. The van der Waals surface area contributed by atoms with E-state index in [1.807, 2.05) is 0 Å². The van der Waals surface area contributed by atoms with Crippen LogP contribution in [0, 0.1) is 24.4 Å². The third kappa shape index (κ3) is 6.88. The Labute approximate surface area is 54.8 Å². The quantitative estimate of drug-likeness (QED) is 0.414. The average Bonchev–Trinajstić information content (AvgIpc) is 1.89. The Morgan fingerprint density at radius 3 is 2.89 bits per heavy atom. The van der Waals surface area contributed by atoms with Gasteiger partial charge in [-0.2, -0.15) is 0 Å². The molecule has 0 aliphatic heterocycles. The smallest absolute Gasteiger partial charge is 0.160 e. The monoisotopic (exact) mass is 124 g/mol. The molecule has 2 heteroatoms. The van der Waals surface area contributed by atoms with Crippen LogP contribution in [0.4, 0.5) is 0 Å². The molecule has 0 aliphatic rings. The van der Waals surface area contributed by atoms with Crippen LogP contribution in [0.5, 0.6) is 0 Å². The number of aliphatic hydroxyl groups excluding tert-OH is 1. The third-order valence-corrected chi connectivity index (χ3v) is 0.537. The molecule has 0 amide bonds. The lowest BCUT2D eigenvalue weighted by Crippen LogP contribution is -1.81. The Balaban J connectivity index is 3.08. The van der Waals surface area contributed by atoms with Crippen LogP contribution in [0.2, 0.25) is 0 Å². The first-order chi connectivity index (χ1) is 4.41. The van der Waals surface area contributed by atoms with Gasteiger partial charge in [-0.15, -0.1) is 6.42 Å². The summed E-state index contributed by atoms with van der Waals surface area (Å²) in [6, 6.07) is 0. The molecular formula is C7H8O2. The van der Waals surface area contributed by atoms with Crippen LogP contribution in [0.1, 0.15) is 6.42 Å². The van der Waals surface area contributed by atoms with E-state index in [1.165, 1.54) is 0 Å². The molecule has 0 aromatic rings. The van der Waals surface area contributed by atoms with Crippen molar-refractivity contribution < 1.29 is 9.84 Å². The van der Waals surface area contributed by atoms with Gasteiger partial charge in [0.1, 0.15) is 6.11 Å². The van der Waals surface area contributed by atoms with Crippen molar-refractivity contribution in [1.82, 2.24) is 0 Å². The first-order valence-electron chi connectivity index (χ1n) is 2.55. The topological polar surface area (TPSA) is 29.5 Å². The molecule has 1 N–H and O–H groups in total. The summed E-state index contributed by atoms with van der Waals surface area (Å²) in [5, 5.41) is 8.22.